The Kier molecular flexibility index (Phi) is 2.76. The number of carboxylic acid groups (broad SMARTS) is 1. The van der Waals surface area contributed by atoms with E-state index < -0.39 is 5.97 Å². The quantitative estimate of drug-likeness (QED) is 0.887. The Morgan fingerprint density at radius 3 is 2.75 bits per heavy atom. The third-order valence-corrected chi connectivity index (χ3v) is 2.23. The number of aromatic nitrogens is 4. The summed E-state index contributed by atoms with van der Waals surface area (Å²) in [5.74, 6) is -1.07. The van der Waals surface area contributed by atoms with Crippen molar-refractivity contribution in [1.29, 1.82) is 0 Å². The van der Waals surface area contributed by atoms with Crippen LogP contribution < -0.4 is 0 Å². The molecule has 0 aliphatic heterocycles. The second kappa shape index (κ2) is 4.07. The Labute approximate surface area is 99.4 Å². The summed E-state index contributed by atoms with van der Waals surface area (Å²) in [6.07, 6.45) is 2.51. The molecule has 0 fully saturated rings. The van der Waals surface area contributed by atoms with E-state index in [4.69, 9.17) is 28.3 Å². The topological polar surface area (TPSA) is 80.9 Å². The van der Waals surface area contributed by atoms with Crippen molar-refractivity contribution in [2.45, 2.75) is 0 Å². The first-order valence-corrected chi connectivity index (χ1v) is 4.80. The lowest BCUT2D eigenvalue weighted by atomic mass is 10.4. The minimum atomic E-state index is -1.07. The van der Waals surface area contributed by atoms with Crippen molar-refractivity contribution >= 4 is 29.2 Å². The van der Waals surface area contributed by atoms with Crippen molar-refractivity contribution in [3.8, 4) is 5.69 Å². The Bertz CT molecular complexity index is 555. The zero-order valence-electron chi connectivity index (χ0n) is 7.63. The zero-order valence-corrected chi connectivity index (χ0v) is 9.14. The lowest BCUT2D eigenvalue weighted by Gasteiger charge is -2.01. The van der Waals surface area contributed by atoms with Gasteiger partial charge in [0.1, 0.15) is 5.69 Å². The van der Waals surface area contributed by atoms with Gasteiger partial charge in [0, 0.05) is 12.3 Å². The molecule has 6 nitrogen and oxygen atoms in total. The van der Waals surface area contributed by atoms with Crippen molar-refractivity contribution in [3.05, 3.63) is 34.3 Å². The largest absolute Gasteiger partial charge is 0.478 e. The van der Waals surface area contributed by atoms with E-state index in [2.05, 4.69) is 15.3 Å². The Morgan fingerprint density at radius 2 is 2.12 bits per heavy atom. The van der Waals surface area contributed by atoms with E-state index in [1.807, 2.05) is 0 Å². The molecule has 1 N–H and O–H groups in total. The second-order valence-electron chi connectivity index (χ2n) is 2.82. The lowest BCUT2D eigenvalue weighted by Crippen LogP contribution is -1.99. The maximum absolute atomic E-state index is 10.7. The average Bonchev–Trinajstić information content (AvgIpc) is 2.70. The predicted octanol–water partition coefficient (Wildman–Crippen LogP) is 1.67. The van der Waals surface area contributed by atoms with Gasteiger partial charge >= 0.3 is 5.97 Å². The molecule has 2 heterocycles. The van der Waals surface area contributed by atoms with Crippen LogP contribution in [0, 0.1) is 0 Å². The number of aromatic carboxylic acids is 1. The molecule has 0 aliphatic carbocycles. The molecule has 82 valence electrons. The highest BCUT2D eigenvalue weighted by molar-refractivity contribution is 6.32. The summed E-state index contributed by atoms with van der Waals surface area (Å²) >= 11 is 11.4. The molecule has 0 spiro atoms. The molecule has 0 amide bonds. The van der Waals surface area contributed by atoms with Crippen LogP contribution in [0.1, 0.15) is 10.4 Å². The van der Waals surface area contributed by atoms with Gasteiger partial charge in [0.05, 0.1) is 11.8 Å². The number of carbonyl (C=O) groups is 1. The van der Waals surface area contributed by atoms with Crippen LogP contribution in [0.4, 0.5) is 0 Å². The molecule has 2 aromatic heterocycles. The maximum atomic E-state index is 10.7. The minimum Gasteiger partial charge on any atom is -0.478 e. The standard InChI is InChI=1S/C8H4Cl2N4O2/c9-6-1-5(7(10)13-12-6)14-3-4(2-11-14)8(15)16/h1-3H,(H,15,16). The molecule has 0 bridgehead atoms. The van der Waals surface area contributed by atoms with E-state index >= 15 is 0 Å². The molecule has 2 rings (SSSR count). The summed E-state index contributed by atoms with van der Waals surface area (Å²) in [6.45, 7) is 0. The van der Waals surface area contributed by atoms with Crippen molar-refractivity contribution in [3.63, 3.8) is 0 Å². The Balaban J connectivity index is 2.50. The molecule has 0 radical (unpaired) electrons. The fourth-order valence-corrected chi connectivity index (χ4v) is 1.39. The van der Waals surface area contributed by atoms with Gasteiger partial charge in [-0.1, -0.05) is 23.2 Å². The highest BCUT2D eigenvalue weighted by atomic mass is 35.5. The monoisotopic (exact) mass is 258 g/mol. The van der Waals surface area contributed by atoms with Gasteiger partial charge in [-0.3, -0.25) is 0 Å². The zero-order chi connectivity index (χ0) is 11.7. The van der Waals surface area contributed by atoms with Gasteiger partial charge in [-0.2, -0.15) is 5.10 Å². The Hall–Kier alpha value is -1.66. The number of halogens is 2. The first-order valence-electron chi connectivity index (χ1n) is 4.05. The molecular formula is C8H4Cl2N4O2. The summed E-state index contributed by atoms with van der Waals surface area (Å²) in [4.78, 5) is 10.7. The molecular weight excluding hydrogens is 255 g/mol. The fourth-order valence-electron chi connectivity index (χ4n) is 1.07. The van der Waals surface area contributed by atoms with Crippen LogP contribution in [0.25, 0.3) is 5.69 Å². The normalized spacial score (nSPS) is 10.4. The summed E-state index contributed by atoms with van der Waals surface area (Å²) < 4.78 is 1.27. The van der Waals surface area contributed by atoms with Gasteiger partial charge in [0.25, 0.3) is 0 Å². The average molecular weight is 259 g/mol. The first kappa shape index (κ1) is 10.8. The minimum absolute atomic E-state index is 0.0454. The molecule has 0 unspecified atom stereocenters. The number of rotatable bonds is 2. The molecule has 8 heteroatoms. The van der Waals surface area contributed by atoms with Gasteiger partial charge in [-0.15, -0.1) is 10.2 Å². The second-order valence-corrected chi connectivity index (χ2v) is 3.57. The summed E-state index contributed by atoms with van der Waals surface area (Å²) in [5.41, 5.74) is 0.415. The Morgan fingerprint density at radius 1 is 1.38 bits per heavy atom. The smallest absolute Gasteiger partial charge is 0.338 e. The van der Waals surface area contributed by atoms with Crippen molar-refractivity contribution < 1.29 is 9.90 Å². The van der Waals surface area contributed by atoms with Gasteiger partial charge in [0.2, 0.25) is 0 Å². The number of nitrogens with zero attached hydrogens (tertiary/aromatic N) is 4. The van der Waals surface area contributed by atoms with Crippen molar-refractivity contribution in [2.24, 2.45) is 0 Å². The third kappa shape index (κ3) is 1.98. The van der Waals surface area contributed by atoms with Gasteiger partial charge in [-0.05, 0) is 0 Å². The maximum Gasteiger partial charge on any atom is 0.338 e. The predicted molar refractivity (Wildman–Crippen MR) is 56.1 cm³/mol. The van der Waals surface area contributed by atoms with Crippen LogP contribution in [-0.4, -0.2) is 31.1 Å². The highest BCUT2D eigenvalue weighted by Gasteiger charge is 2.11. The summed E-state index contributed by atoms with van der Waals surface area (Å²) in [7, 11) is 0. The van der Waals surface area contributed by atoms with E-state index in [1.54, 1.807) is 0 Å². The molecule has 0 saturated carbocycles. The lowest BCUT2D eigenvalue weighted by molar-refractivity contribution is 0.0697. The molecule has 0 aromatic carbocycles. The van der Waals surface area contributed by atoms with Crippen LogP contribution in [-0.2, 0) is 0 Å². The first-order chi connectivity index (χ1) is 7.58. The molecule has 2 aromatic rings. The molecule has 16 heavy (non-hydrogen) atoms. The molecule has 0 saturated heterocycles. The van der Waals surface area contributed by atoms with E-state index in [1.165, 1.54) is 23.1 Å². The number of hydrogen-bond donors (Lipinski definition) is 1. The highest BCUT2D eigenvalue weighted by Crippen LogP contribution is 2.19. The molecule has 0 aliphatic rings. The van der Waals surface area contributed by atoms with Crippen molar-refractivity contribution in [1.82, 2.24) is 20.0 Å². The van der Waals surface area contributed by atoms with Crippen LogP contribution in [0.15, 0.2) is 18.5 Å². The SMILES string of the molecule is O=C(O)c1cnn(-c2cc(Cl)nnc2Cl)c1. The van der Waals surface area contributed by atoms with Crippen molar-refractivity contribution in [2.75, 3.05) is 0 Å². The van der Waals surface area contributed by atoms with E-state index in [0.29, 0.717) is 5.69 Å². The summed E-state index contributed by atoms with van der Waals surface area (Å²) in [6, 6.07) is 1.44. The van der Waals surface area contributed by atoms with Gasteiger partial charge in [-0.25, -0.2) is 9.48 Å². The van der Waals surface area contributed by atoms with E-state index in [9.17, 15) is 4.79 Å². The van der Waals surface area contributed by atoms with Crippen LogP contribution in [0.5, 0.6) is 0 Å². The van der Waals surface area contributed by atoms with Crippen LogP contribution in [0.3, 0.4) is 0 Å². The van der Waals surface area contributed by atoms with Gasteiger partial charge in [0.15, 0.2) is 10.3 Å². The fraction of sp³-hybridized carbons (Fsp3) is 0. The van der Waals surface area contributed by atoms with Crippen LogP contribution in [0.2, 0.25) is 10.3 Å². The van der Waals surface area contributed by atoms with Crippen LogP contribution >= 0.6 is 23.2 Å². The van der Waals surface area contributed by atoms with Gasteiger partial charge < -0.3 is 5.11 Å². The number of hydrogen-bond acceptors (Lipinski definition) is 4. The van der Waals surface area contributed by atoms with E-state index in [0.717, 1.165) is 0 Å². The number of carboxylic acids is 1. The molecule has 0 atom stereocenters. The third-order valence-electron chi connectivity index (χ3n) is 1.78. The summed E-state index contributed by atoms with van der Waals surface area (Å²) in [5, 5.41) is 19.9. The van der Waals surface area contributed by atoms with E-state index in [-0.39, 0.29) is 15.9 Å².